The number of nitrogens with zero attached hydrogens (tertiary/aromatic N) is 2. The number of hydrogen-bond acceptors (Lipinski definition) is 4. The molecule has 0 aliphatic carbocycles. The Bertz CT molecular complexity index is 701. The second-order valence-electron chi connectivity index (χ2n) is 3.33. The van der Waals surface area contributed by atoms with Crippen molar-refractivity contribution in [3.05, 3.63) is 46.2 Å². The molecule has 0 unspecified atom stereocenters. The van der Waals surface area contributed by atoms with Crippen LogP contribution < -0.4 is 4.87 Å². The van der Waals surface area contributed by atoms with Crippen LogP contribution in [0, 0.1) is 0 Å². The van der Waals surface area contributed by atoms with Crippen molar-refractivity contribution in [2.45, 2.75) is 0 Å². The van der Waals surface area contributed by atoms with Crippen molar-refractivity contribution in [3.63, 3.8) is 0 Å². The highest BCUT2D eigenvalue weighted by molar-refractivity contribution is 7.12. The van der Waals surface area contributed by atoms with Gasteiger partial charge in [0.15, 0.2) is 0 Å². The fourth-order valence-electron chi connectivity index (χ4n) is 1.55. The van der Waals surface area contributed by atoms with E-state index in [-0.39, 0.29) is 4.87 Å². The lowest BCUT2D eigenvalue weighted by Crippen LogP contribution is -1.90. The Balaban J connectivity index is 2.22. The van der Waals surface area contributed by atoms with Crippen LogP contribution in [0.5, 0.6) is 0 Å². The molecule has 0 aliphatic rings. The summed E-state index contributed by atoms with van der Waals surface area (Å²) >= 11 is 1.10. The molecule has 78 valence electrons. The van der Waals surface area contributed by atoms with E-state index in [2.05, 4.69) is 15.2 Å². The van der Waals surface area contributed by atoms with Gasteiger partial charge in [-0.05, 0) is 12.1 Å². The number of fused-ring (bicyclic) bond motifs is 1. The summed E-state index contributed by atoms with van der Waals surface area (Å²) in [4.78, 5) is 15.1. The van der Waals surface area contributed by atoms with E-state index >= 15 is 0 Å². The van der Waals surface area contributed by atoms with Gasteiger partial charge in [0.1, 0.15) is 5.01 Å². The van der Waals surface area contributed by atoms with Crippen LogP contribution in [0.1, 0.15) is 0 Å². The van der Waals surface area contributed by atoms with Crippen molar-refractivity contribution in [2.75, 3.05) is 0 Å². The summed E-state index contributed by atoms with van der Waals surface area (Å²) in [5, 5.41) is 8.12. The topological polar surface area (TPSA) is 58.6 Å². The second kappa shape index (κ2) is 3.53. The molecule has 3 rings (SSSR count). The van der Waals surface area contributed by atoms with Crippen molar-refractivity contribution >= 4 is 22.2 Å². The third-order valence-corrected chi connectivity index (χ3v) is 3.09. The molecule has 0 saturated carbocycles. The lowest BCUT2D eigenvalue weighted by molar-refractivity contribution is 1.06. The maximum absolute atomic E-state index is 11.0. The molecule has 0 atom stereocenters. The number of nitrogens with one attached hydrogen (secondary N) is 1. The summed E-state index contributed by atoms with van der Waals surface area (Å²) in [5.74, 6) is 0. The fourth-order valence-corrected chi connectivity index (χ4v) is 2.16. The van der Waals surface area contributed by atoms with Gasteiger partial charge in [-0.3, -0.25) is 9.78 Å². The van der Waals surface area contributed by atoms with Gasteiger partial charge in [-0.25, -0.2) is 5.10 Å². The molecule has 3 aromatic rings. The summed E-state index contributed by atoms with van der Waals surface area (Å²) in [6, 6.07) is 9.75. The van der Waals surface area contributed by atoms with Crippen LogP contribution in [0.15, 0.2) is 41.3 Å². The Morgan fingerprint density at radius 3 is 3.00 bits per heavy atom. The van der Waals surface area contributed by atoms with Gasteiger partial charge in [0.05, 0.1) is 5.52 Å². The molecule has 0 fully saturated rings. The van der Waals surface area contributed by atoms with Crippen LogP contribution in [0.25, 0.3) is 21.5 Å². The van der Waals surface area contributed by atoms with Gasteiger partial charge in [0.2, 0.25) is 0 Å². The van der Waals surface area contributed by atoms with Crippen LogP contribution in [-0.4, -0.2) is 15.2 Å². The van der Waals surface area contributed by atoms with Crippen LogP contribution in [0.2, 0.25) is 0 Å². The molecule has 0 spiro atoms. The molecule has 16 heavy (non-hydrogen) atoms. The zero-order chi connectivity index (χ0) is 11.0. The van der Waals surface area contributed by atoms with Gasteiger partial charge in [-0.2, -0.15) is 5.10 Å². The first-order chi connectivity index (χ1) is 7.83. The summed E-state index contributed by atoms with van der Waals surface area (Å²) in [7, 11) is 0. The first-order valence-electron chi connectivity index (χ1n) is 4.73. The number of aromatic amines is 1. The van der Waals surface area contributed by atoms with Crippen molar-refractivity contribution in [1.29, 1.82) is 0 Å². The van der Waals surface area contributed by atoms with Crippen LogP contribution in [0.4, 0.5) is 0 Å². The molecule has 0 amide bonds. The Hall–Kier alpha value is -2.01. The highest BCUT2D eigenvalue weighted by Gasteiger charge is 2.04. The molecule has 0 radical (unpaired) electrons. The third-order valence-electron chi connectivity index (χ3n) is 2.29. The molecule has 2 aromatic heterocycles. The number of benzene rings is 1. The number of hydrogen-bond donors (Lipinski definition) is 1. The van der Waals surface area contributed by atoms with E-state index < -0.39 is 0 Å². The largest absolute Gasteiger partial charge is 0.322 e. The van der Waals surface area contributed by atoms with Gasteiger partial charge < -0.3 is 0 Å². The van der Waals surface area contributed by atoms with E-state index in [0.29, 0.717) is 5.01 Å². The average Bonchev–Trinajstić information content (AvgIpc) is 2.75. The minimum Gasteiger partial charge on any atom is -0.256 e. The Kier molecular flexibility index (Phi) is 2.04. The first-order valence-corrected chi connectivity index (χ1v) is 5.55. The molecule has 4 nitrogen and oxygen atoms in total. The van der Waals surface area contributed by atoms with E-state index in [1.165, 1.54) is 0 Å². The summed E-state index contributed by atoms with van der Waals surface area (Å²) in [6.45, 7) is 0. The van der Waals surface area contributed by atoms with Gasteiger partial charge in [0, 0.05) is 17.1 Å². The van der Waals surface area contributed by atoms with Gasteiger partial charge in [-0.15, -0.1) is 0 Å². The van der Waals surface area contributed by atoms with E-state index in [0.717, 1.165) is 27.8 Å². The zero-order valence-corrected chi connectivity index (χ0v) is 8.99. The van der Waals surface area contributed by atoms with Crippen LogP contribution in [0.3, 0.4) is 0 Å². The SMILES string of the molecule is O=c1[nH]nc(-c2ccc3cccnc3c2)s1. The van der Waals surface area contributed by atoms with Crippen LogP contribution in [-0.2, 0) is 0 Å². The van der Waals surface area contributed by atoms with Gasteiger partial charge >= 0.3 is 4.87 Å². The predicted octanol–water partition coefficient (Wildman–Crippen LogP) is 2.05. The quantitative estimate of drug-likeness (QED) is 0.694. The lowest BCUT2D eigenvalue weighted by Gasteiger charge is -1.98. The molecule has 1 aromatic carbocycles. The summed E-state index contributed by atoms with van der Waals surface area (Å²) in [6.07, 6.45) is 1.75. The van der Waals surface area contributed by atoms with E-state index in [4.69, 9.17) is 0 Å². The van der Waals surface area contributed by atoms with Crippen molar-refractivity contribution < 1.29 is 0 Å². The average molecular weight is 229 g/mol. The highest BCUT2D eigenvalue weighted by Crippen LogP contribution is 2.22. The summed E-state index contributed by atoms with van der Waals surface area (Å²) in [5.41, 5.74) is 1.82. The number of aromatic nitrogens is 3. The maximum atomic E-state index is 11.0. The highest BCUT2D eigenvalue weighted by atomic mass is 32.1. The molecule has 5 heteroatoms. The third kappa shape index (κ3) is 1.51. The molecule has 0 saturated heterocycles. The maximum Gasteiger partial charge on any atom is 0.322 e. The molecule has 0 bridgehead atoms. The van der Waals surface area contributed by atoms with E-state index in [9.17, 15) is 4.79 Å². The molecule has 2 heterocycles. The molecule has 0 aliphatic heterocycles. The minimum atomic E-state index is -0.142. The second-order valence-corrected chi connectivity index (χ2v) is 4.29. The van der Waals surface area contributed by atoms with E-state index in [1.807, 2.05) is 30.3 Å². The number of rotatable bonds is 1. The minimum absolute atomic E-state index is 0.142. The fraction of sp³-hybridized carbons (Fsp3) is 0. The standard InChI is InChI=1S/C11H7N3OS/c15-11-14-13-10(16-11)8-4-3-7-2-1-5-12-9(7)6-8/h1-6H,(H,14,15). The Morgan fingerprint density at radius 1 is 1.25 bits per heavy atom. The number of H-pyrrole nitrogens is 1. The first kappa shape index (κ1) is 9.23. The summed E-state index contributed by atoms with van der Waals surface area (Å²) < 4.78 is 0. The van der Waals surface area contributed by atoms with E-state index in [1.54, 1.807) is 6.20 Å². The Morgan fingerprint density at radius 2 is 2.19 bits per heavy atom. The molecule has 1 N–H and O–H groups in total. The molecular formula is C11H7N3OS. The van der Waals surface area contributed by atoms with Gasteiger partial charge in [0.25, 0.3) is 0 Å². The van der Waals surface area contributed by atoms with Crippen molar-refractivity contribution in [1.82, 2.24) is 15.2 Å². The van der Waals surface area contributed by atoms with Crippen molar-refractivity contribution in [2.24, 2.45) is 0 Å². The Labute approximate surface area is 94.6 Å². The number of pyridine rings is 1. The predicted molar refractivity (Wildman–Crippen MR) is 63.5 cm³/mol. The van der Waals surface area contributed by atoms with Crippen LogP contribution >= 0.6 is 11.3 Å². The van der Waals surface area contributed by atoms with Gasteiger partial charge in [-0.1, -0.05) is 29.5 Å². The lowest BCUT2D eigenvalue weighted by atomic mass is 10.1. The molecular weight excluding hydrogens is 222 g/mol. The smallest absolute Gasteiger partial charge is 0.256 e. The monoisotopic (exact) mass is 229 g/mol. The van der Waals surface area contributed by atoms with Crippen molar-refractivity contribution in [3.8, 4) is 10.6 Å². The normalized spacial score (nSPS) is 10.8. The zero-order valence-electron chi connectivity index (χ0n) is 8.18.